The lowest BCUT2D eigenvalue weighted by atomic mass is 10.2. The number of nitrogens with zero attached hydrogens (tertiary/aromatic N) is 2. The molecule has 1 N–H and O–H groups in total. The van der Waals surface area contributed by atoms with E-state index in [2.05, 4.69) is 5.32 Å². The van der Waals surface area contributed by atoms with E-state index in [4.69, 9.17) is 0 Å². The molecule has 0 aromatic rings. The summed E-state index contributed by atoms with van der Waals surface area (Å²) in [6.07, 6.45) is 0. The predicted molar refractivity (Wildman–Crippen MR) is 75.3 cm³/mol. The molecule has 6 nitrogen and oxygen atoms in total. The van der Waals surface area contributed by atoms with Crippen LogP contribution in [0.1, 0.15) is 20.8 Å². The molecule has 1 amide bonds. The first-order chi connectivity index (χ1) is 8.92. The van der Waals surface area contributed by atoms with Crippen LogP contribution in [0.4, 0.5) is 0 Å². The van der Waals surface area contributed by atoms with E-state index in [0.717, 1.165) is 0 Å². The molecule has 1 fully saturated rings. The molecule has 19 heavy (non-hydrogen) atoms. The fourth-order valence-corrected chi connectivity index (χ4v) is 3.99. The van der Waals surface area contributed by atoms with Gasteiger partial charge in [-0.2, -0.15) is 4.31 Å². The zero-order chi connectivity index (χ0) is 14.5. The Morgan fingerprint density at radius 2 is 1.79 bits per heavy atom. The van der Waals surface area contributed by atoms with Gasteiger partial charge in [0, 0.05) is 39.3 Å². The molecule has 1 saturated heterocycles. The smallest absolute Gasteiger partial charge is 0.226 e. The Labute approximate surface area is 116 Å². The lowest BCUT2D eigenvalue weighted by Gasteiger charge is -2.29. The molecule has 0 spiro atoms. The van der Waals surface area contributed by atoms with Crippen LogP contribution in [0, 0.1) is 5.92 Å². The minimum Gasteiger partial charge on any atom is -0.343 e. The summed E-state index contributed by atoms with van der Waals surface area (Å²) < 4.78 is 25.9. The standard InChI is InChI=1S/C12H25N3O3S/c1-4-14(5-2)12(16)11(3)10-19(17,18)15-8-6-13-7-9-15/h11,13H,4-10H2,1-3H3. The first-order valence-electron chi connectivity index (χ1n) is 6.89. The zero-order valence-electron chi connectivity index (χ0n) is 12.1. The zero-order valence-corrected chi connectivity index (χ0v) is 12.9. The molecule has 0 radical (unpaired) electrons. The van der Waals surface area contributed by atoms with Gasteiger partial charge in [-0.3, -0.25) is 4.79 Å². The Morgan fingerprint density at radius 1 is 1.26 bits per heavy atom. The molecule has 0 aliphatic carbocycles. The average molecular weight is 291 g/mol. The summed E-state index contributed by atoms with van der Waals surface area (Å²) in [7, 11) is -3.33. The van der Waals surface area contributed by atoms with Gasteiger partial charge in [-0.1, -0.05) is 6.92 Å². The van der Waals surface area contributed by atoms with Gasteiger partial charge >= 0.3 is 0 Å². The Morgan fingerprint density at radius 3 is 2.26 bits per heavy atom. The van der Waals surface area contributed by atoms with E-state index in [1.807, 2.05) is 13.8 Å². The number of hydrogen-bond acceptors (Lipinski definition) is 4. The maximum absolute atomic E-state index is 12.2. The number of sulfonamides is 1. The van der Waals surface area contributed by atoms with Crippen molar-refractivity contribution in [2.75, 3.05) is 45.0 Å². The fourth-order valence-electron chi connectivity index (χ4n) is 2.26. The minimum absolute atomic E-state index is 0.0799. The largest absolute Gasteiger partial charge is 0.343 e. The van der Waals surface area contributed by atoms with Gasteiger partial charge < -0.3 is 10.2 Å². The average Bonchev–Trinajstić information content (AvgIpc) is 2.40. The molecule has 112 valence electrons. The summed E-state index contributed by atoms with van der Waals surface area (Å²) in [5.41, 5.74) is 0. The molecule has 1 heterocycles. The van der Waals surface area contributed by atoms with E-state index in [-0.39, 0.29) is 11.7 Å². The van der Waals surface area contributed by atoms with Gasteiger partial charge in [0.15, 0.2) is 0 Å². The van der Waals surface area contributed by atoms with E-state index in [1.165, 1.54) is 4.31 Å². The maximum Gasteiger partial charge on any atom is 0.226 e. The lowest BCUT2D eigenvalue weighted by molar-refractivity contribution is -0.133. The number of rotatable bonds is 6. The van der Waals surface area contributed by atoms with Gasteiger partial charge in [-0.25, -0.2) is 8.42 Å². The first kappa shape index (κ1) is 16.4. The molecule has 0 bridgehead atoms. The number of carbonyl (C=O) groups is 1. The van der Waals surface area contributed by atoms with E-state index in [1.54, 1.807) is 11.8 Å². The maximum atomic E-state index is 12.2. The van der Waals surface area contributed by atoms with Crippen molar-refractivity contribution in [3.8, 4) is 0 Å². The predicted octanol–water partition coefficient (Wildman–Crippen LogP) is -0.274. The fraction of sp³-hybridized carbons (Fsp3) is 0.917. The lowest BCUT2D eigenvalue weighted by Crippen LogP contribution is -2.48. The first-order valence-corrected chi connectivity index (χ1v) is 8.50. The van der Waals surface area contributed by atoms with E-state index < -0.39 is 15.9 Å². The van der Waals surface area contributed by atoms with Crippen LogP contribution in [0.15, 0.2) is 0 Å². The van der Waals surface area contributed by atoms with Crippen LogP contribution in [0.2, 0.25) is 0 Å². The summed E-state index contributed by atoms with van der Waals surface area (Å²) in [4.78, 5) is 13.8. The minimum atomic E-state index is -3.33. The molecule has 0 aromatic heterocycles. The molecule has 0 saturated carbocycles. The number of hydrogen-bond donors (Lipinski definition) is 1. The van der Waals surface area contributed by atoms with Crippen molar-refractivity contribution in [2.24, 2.45) is 5.92 Å². The van der Waals surface area contributed by atoms with Crippen LogP contribution in [0.25, 0.3) is 0 Å². The summed E-state index contributed by atoms with van der Waals surface area (Å²) in [5.74, 6) is -0.661. The number of nitrogens with one attached hydrogen (secondary N) is 1. The van der Waals surface area contributed by atoms with E-state index >= 15 is 0 Å². The number of carbonyl (C=O) groups excluding carboxylic acids is 1. The normalized spacial score (nSPS) is 19.1. The second kappa shape index (κ2) is 7.21. The quantitative estimate of drug-likeness (QED) is 0.731. The van der Waals surface area contributed by atoms with Crippen molar-refractivity contribution in [1.82, 2.24) is 14.5 Å². The third-order valence-electron chi connectivity index (χ3n) is 3.43. The van der Waals surface area contributed by atoms with Crippen molar-refractivity contribution in [2.45, 2.75) is 20.8 Å². The van der Waals surface area contributed by atoms with Gasteiger partial charge in [-0.15, -0.1) is 0 Å². The second-order valence-corrected chi connectivity index (χ2v) is 6.85. The molecular formula is C12H25N3O3S. The topological polar surface area (TPSA) is 69.7 Å². The third-order valence-corrected chi connectivity index (χ3v) is 5.50. The van der Waals surface area contributed by atoms with Crippen LogP contribution >= 0.6 is 0 Å². The highest BCUT2D eigenvalue weighted by atomic mass is 32.2. The molecule has 1 unspecified atom stereocenters. The van der Waals surface area contributed by atoms with Crippen LogP contribution in [-0.4, -0.2) is 68.6 Å². The number of amides is 1. The highest BCUT2D eigenvalue weighted by Gasteiger charge is 2.29. The van der Waals surface area contributed by atoms with Gasteiger partial charge in [0.05, 0.1) is 11.7 Å². The monoisotopic (exact) mass is 291 g/mol. The van der Waals surface area contributed by atoms with Gasteiger partial charge in [0.25, 0.3) is 0 Å². The Hall–Kier alpha value is -0.660. The van der Waals surface area contributed by atoms with Crippen molar-refractivity contribution in [3.63, 3.8) is 0 Å². The van der Waals surface area contributed by atoms with Crippen molar-refractivity contribution in [3.05, 3.63) is 0 Å². The van der Waals surface area contributed by atoms with Gasteiger partial charge in [0.2, 0.25) is 15.9 Å². The molecule has 0 aromatic carbocycles. The summed E-state index contributed by atoms with van der Waals surface area (Å²) in [6, 6.07) is 0. The second-order valence-electron chi connectivity index (χ2n) is 4.84. The van der Waals surface area contributed by atoms with Crippen LogP contribution in [0.5, 0.6) is 0 Å². The Bertz CT molecular complexity index is 387. The van der Waals surface area contributed by atoms with E-state index in [0.29, 0.717) is 39.3 Å². The Kier molecular flexibility index (Phi) is 6.22. The summed E-state index contributed by atoms with van der Waals surface area (Å²) >= 11 is 0. The molecule has 1 rings (SSSR count). The van der Waals surface area contributed by atoms with Crippen LogP contribution < -0.4 is 5.32 Å². The molecule has 1 atom stereocenters. The molecular weight excluding hydrogens is 266 g/mol. The summed E-state index contributed by atoms with van der Waals surface area (Å²) in [6.45, 7) is 9.08. The molecule has 1 aliphatic rings. The van der Waals surface area contributed by atoms with Crippen molar-refractivity contribution in [1.29, 1.82) is 0 Å². The third kappa shape index (κ3) is 4.43. The molecule has 1 aliphatic heterocycles. The SMILES string of the molecule is CCN(CC)C(=O)C(C)CS(=O)(=O)N1CCNCC1. The van der Waals surface area contributed by atoms with Crippen LogP contribution in [0.3, 0.4) is 0 Å². The van der Waals surface area contributed by atoms with Gasteiger partial charge in [0.1, 0.15) is 0 Å². The van der Waals surface area contributed by atoms with E-state index in [9.17, 15) is 13.2 Å². The van der Waals surface area contributed by atoms with Crippen molar-refractivity contribution < 1.29 is 13.2 Å². The van der Waals surface area contributed by atoms with Gasteiger partial charge in [-0.05, 0) is 13.8 Å². The number of piperazine rings is 1. The highest BCUT2D eigenvalue weighted by molar-refractivity contribution is 7.89. The van der Waals surface area contributed by atoms with Crippen molar-refractivity contribution >= 4 is 15.9 Å². The Balaban J connectivity index is 2.63. The summed E-state index contributed by atoms with van der Waals surface area (Å²) in [5, 5.41) is 3.12. The molecule has 7 heteroatoms. The highest BCUT2D eigenvalue weighted by Crippen LogP contribution is 2.11. The van der Waals surface area contributed by atoms with Crippen LogP contribution in [-0.2, 0) is 14.8 Å².